The number of benzene rings is 2. The fourth-order valence-electron chi connectivity index (χ4n) is 3.16. The van der Waals surface area contributed by atoms with Crippen molar-refractivity contribution in [2.24, 2.45) is 4.99 Å². The molecule has 172 valence electrons. The van der Waals surface area contributed by atoms with Crippen molar-refractivity contribution < 1.29 is 14.2 Å². The van der Waals surface area contributed by atoms with E-state index in [9.17, 15) is 0 Å². The normalized spacial score (nSPS) is 10.8. The summed E-state index contributed by atoms with van der Waals surface area (Å²) in [5.41, 5.74) is 1.98. The minimum Gasteiger partial charge on any atom is -0.493 e. The molecule has 0 saturated heterocycles. The number of ether oxygens (including phenoxy) is 3. The average Bonchev–Trinajstić information content (AvgIpc) is 3.24. The predicted molar refractivity (Wildman–Crippen MR) is 138 cm³/mol. The number of hydrogen-bond donors (Lipinski definition) is 2. The summed E-state index contributed by atoms with van der Waals surface area (Å²) < 4.78 is 18.4. The third-order valence-electron chi connectivity index (χ3n) is 4.65. The Morgan fingerprint density at radius 2 is 1.72 bits per heavy atom. The van der Waals surface area contributed by atoms with Gasteiger partial charge in [0.05, 0.1) is 21.3 Å². The van der Waals surface area contributed by atoms with E-state index < -0.39 is 0 Å². The lowest BCUT2D eigenvalue weighted by Crippen LogP contribution is -2.30. The van der Waals surface area contributed by atoms with Gasteiger partial charge in [-0.2, -0.15) is 0 Å². The number of aliphatic imine (C=N–C) groups is 1. The molecule has 0 atom stereocenters. The molecular formula is C23H30IN5O3. The van der Waals surface area contributed by atoms with Gasteiger partial charge in [0.25, 0.3) is 0 Å². The first-order chi connectivity index (χ1) is 15.2. The van der Waals surface area contributed by atoms with E-state index in [4.69, 9.17) is 19.2 Å². The molecule has 3 aromatic rings. The highest BCUT2D eigenvalue weighted by atomic mass is 127. The van der Waals surface area contributed by atoms with Crippen molar-refractivity contribution in [3.63, 3.8) is 0 Å². The van der Waals surface area contributed by atoms with Crippen LogP contribution in [0.2, 0.25) is 0 Å². The molecule has 0 fully saturated rings. The van der Waals surface area contributed by atoms with Crippen molar-refractivity contribution >= 4 is 35.6 Å². The third-order valence-corrected chi connectivity index (χ3v) is 4.65. The van der Waals surface area contributed by atoms with E-state index in [1.54, 1.807) is 27.5 Å². The van der Waals surface area contributed by atoms with Gasteiger partial charge in [-0.25, -0.2) is 9.98 Å². The number of guanidine groups is 1. The summed E-state index contributed by atoms with van der Waals surface area (Å²) in [6.07, 6.45) is 3.77. The zero-order valence-electron chi connectivity index (χ0n) is 18.8. The summed E-state index contributed by atoms with van der Waals surface area (Å²) in [5.74, 6) is 3.19. The van der Waals surface area contributed by atoms with E-state index in [0.717, 1.165) is 18.1 Å². The lowest BCUT2D eigenvalue weighted by atomic mass is 10.2. The van der Waals surface area contributed by atoms with Crippen LogP contribution in [-0.4, -0.2) is 43.4 Å². The molecule has 0 aliphatic rings. The first-order valence-corrected chi connectivity index (χ1v) is 10.1. The molecule has 1 aromatic heterocycles. The summed E-state index contributed by atoms with van der Waals surface area (Å²) in [6, 6.07) is 14.0. The Bertz CT molecular complexity index is 983. The van der Waals surface area contributed by atoms with Gasteiger partial charge in [-0.3, -0.25) is 0 Å². The molecule has 32 heavy (non-hydrogen) atoms. The number of imidazole rings is 1. The topological polar surface area (TPSA) is 81.9 Å². The van der Waals surface area contributed by atoms with Crippen LogP contribution < -0.4 is 24.8 Å². The summed E-state index contributed by atoms with van der Waals surface area (Å²) in [4.78, 5) is 9.18. The largest absolute Gasteiger partial charge is 0.493 e. The minimum absolute atomic E-state index is 0. The number of aromatic nitrogens is 2. The molecule has 8 nitrogen and oxygen atoms in total. The molecule has 0 spiro atoms. The number of nitrogens with zero attached hydrogens (tertiary/aromatic N) is 3. The molecule has 9 heteroatoms. The van der Waals surface area contributed by atoms with Gasteiger partial charge in [0.15, 0.2) is 17.5 Å². The molecule has 0 aliphatic heterocycles. The van der Waals surface area contributed by atoms with Crippen molar-refractivity contribution in [1.29, 1.82) is 0 Å². The van der Waals surface area contributed by atoms with E-state index in [2.05, 4.69) is 32.3 Å². The Morgan fingerprint density at radius 1 is 1.03 bits per heavy atom. The van der Waals surface area contributed by atoms with Gasteiger partial charge in [-0.05, 0) is 12.5 Å². The van der Waals surface area contributed by atoms with Crippen molar-refractivity contribution in [2.75, 3.05) is 33.2 Å². The van der Waals surface area contributed by atoms with E-state index in [-0.39, 0.29) is 24.0 Å². The van der Waals surface area contributed by atoms with Gasteiger partial charge >= 0.3 is 0 Å². The zero-order valence-corrected chi connectivity index (χ0v) is 21.1. The standard InChI is InChI=1S/C23H29N5O3.HI/c1-5-24-23(27-18-13-19(29-2)22(31-4)20(14-18)30-3)26-15-21-25-11-12-28(21)16-17-9-7-6-8-10-17;/h6-14H,5,15-16H2,1-4H3,(H2,24,26,27);1H. The van der Waals surface area contributed by atoms with Crippen molar-refractivity contribution in [3.05, 3.63) is 66.2 Å². The molecule has 0 radical (unpaired) electrons. The smallest absolute Gasteiger partial charge is 0.203 e. The Kier molecular flexibility index (Phi) is 10.1. The third kappa shape index (κ3) is 6.52. The second-order valence-corrected chi connectivity index (χ2v) is 6.69. The SMILES string of the molecule is CCNC(=NCc1nccn1Cc1ccccc1)Nc1cc(OC)c(OC)c(OC)c1.I. The van der Waals surface area contributed by atoms with Crippen LogP contribution in [0.4, 0.5) is 5.69 Å². The first-order valence-electron chi connectivity index (χ1n) is 10.1. The molecule has 0 aliphatic carbocycles. The van der Waals surface area contributed by atoms with Crippen LogP contribution in [-0.2, 0) is 13.1 Å². The molecule has 1 heterocycles. The van der Waals surface area contributed by atoms with Crippen LogP contribution in [0.3, 0.4) is 0 Å². The monoisotopic (exact) mass is 551 g/mol. The Labute approximate surface area is 206 Å². The lowest BCUT2D eigenvalue weighted by Gasteiger charge is -2.16. The first kappa shape index (κ1) is 25.3. The summed E-state index contributed by atoms with van der Waals surface area (Å²) in [5, 5.41) is 6.55. The van der Waals surface area contributed by atoms with E-state index in [1.165, 1.54) is 5.56 Å². The van der Waals surface area contributed by atoms with Gasteiger partial charge in [0.2, 0.25) is 5.75 Å². The quantitative estimate of drug-likeness (QED) is 0.236. The highest BCUT2D eigenvalue weighted by molar-refractivity contribution is 14.0. The van der Waals surface area contributed by atoms with Gasteiger partial charge in [-0.15, -0.1) is 24.0 Å². The number of halogens is 1. The van der Waals surface area contributed by atoms with Crippen molar-refractivity contribution in [2.45, 2.75) is 20.0 Å². The fraction of sp³-hybridized carbons (Fsp3) is 0.304. The Hall–Kier alpha value is -2.95. The average molecular weight is 551 g/mol. The summed E-state index contributed by atoms with van der Waals surface area (Å²) in [6.45, 7) is 3.92. The molecule has 0 saturated carbocycles. The summed E-state index contributed by atoms with van der Waals surface area (Å²) >= 11 is 0. The highest BCUT2D eigenvalue weighted by Crippen LogP contribution is 2.39. The predicted octanol–water partition coefficient (Wildman–Crippen LogP) is 4.15. The van der Waals surface area contributed by atoms with Gasteiger partial charge in [-0.1, -0.05) is 30.3 Å². The summed E-state index contributed by atoms with van der Waals surface area (Å²) in [7, 11) is 4.76. The maximum absolute atomic E-state index is 5.43. The fourth-order valence-corrected chi connectivity index (χ4v) is 3.16. The van der Waals surface area contributed by atoms with Crippen molar-refractivity contribution in [3.8, 4) is 17.2 Å². The molecular weight excluding hydrogens is 521 g/mol. The van der Waals surface area contributed by atoms with Gasteiger partial charge in [0.1, 0.15) is 12.4 Å². The number of methoxy groups -OCH3 is 3. The van der Waals surface area contributed by atoms with E-state index >= 15 is 0 Å². The Morgan fingerprint density at radius 3 is 2.31 bits per heavy atom. The van der Waals surface area contributed by atoms with Crippen LogP contribution in [0.5, 0.6) is 17.2 Å². The highest BCUT2D eigenvalue weighted by Gasteiger charge is 2.14. The van der Waals surface area contributed by atoms with Crippen molar-refractivity contribution in [1.82, 2.24) is 14.9 Å². The second-order valence-electron chi connectivity index (χ2n) is 6.69. The van der Waals surface area contributed by atoms with Crippen LogP contribution in [0.15, 0.2) is 59.9 Å². The lowest BCUT2D eigenvalue weighted by molar-refractivity contribution is 0.324. The maximum Gasteiger partial charge on any atom is 0.203 e. The second kappa shape index (κ2) is 12.8. The molecule has 0 bridgehead atoms. The zero-order chi connectivity index (χ0) is 22.1. The van der Waals surface area contributed by atoms with Crippen LogP contribution in [0, 0.1) is 0 Å². The van der Waals surface area contributed by atoms with Crippen LogP contribution >= 0.6 is 24.0 Å². The number of hydrogen-bond acceptors (Lipinski definition) is 5. The number of anilines is 1. The van der Waals surface area contributed by atoms with E-state index in [0.29, 0.717) is 36.3 Å². The number of nitrogens with one attached hydrogen (secondary N) is 2. The molecule has 0 unspecified atom stereocenters. The molecule has 0 amide bonds. The van der Waals surface area contributed by atoms with Crippen LogP contribution in [0.25, 0.3) is 0 Å². The van der Waals surface area contributed by atoms with Gasteiger partial charge < -0.3 is 29.4 Å². The molecule has 3 rings (SSSR count). The Balaban J connectivity index is 0.00000363. The minimum atomic E-state index is 0. The maximum atomic E-state index is 5.43. The molecule has 2 aromatic carbocycles. The number of rotatable bonds is 9. The van der Waals surface area contributed by atoms with Gasteiger partial charge in [0, 0.05) is 43.3 Å². The van der Waals surface area contributed by atoms with Crippen LogP contribution in [0.1, 0.15) is 18.3 Å². The van der Waals surface area contributed by atoms with E-state index in [1.807, 2.05) is 43.5 Å². The molecule has 2 N–H and O–H groups in total.